The van der Waals surface area contributed by atoms with Crippen LogP contribution in [0, 0.1) is 11.6 Å². The van der Waals surface area contributed by atoms with Crippen LogP contribution in [0.3, 0.4) is 0 Å². The van der Waals surface area contributed by atoms with Crippen molar-refractivity contribution in [2.45, 2.75) is 6.10 Å². The number of hydrogen-bond donors (Lipinski definition) is 3. The summed E-state index contributed by atoms with van der Waals surface area (Å²) in [4.78, 5) is 11.8. The number of fused-ring (bicyclic) bond motifs is 1. The second-order valence-electron chi connectivity index (χ2n) is 5.58. The lowest BCUT2D eigenvalue weighted by Crippen LogP contribution is -2.32. The normalized spacial score (nSPS) is 12.0. The Morgan fingerprint density at radius 3 is 2.52 bits per heavy atom. The fourth-order valence-corrected chi connectivity index (χ4v) is 2.48. The monoisotopic (exact) mass is 342 g/mol. The van der Waals surface area contributed by atoms with Crippen LogP contribution in [0.5, 0.6) is 0 Å². The van der Waals surface area contributed by atoms with E-state index in [1.807, 2.05) is 36.4 Å². The molecule has 0 aliphatic carbocycles. The maximum Gasteiger partial charge on any atom is 0.319 e. The number of nitrogens with one attached hydrogen (secondary N) is 2. The van der Waals surface area contributed by atoms with Crippen LogP contribution < -0.4 is 10.6 Å². The molecule has 0 fully saturated rings. The maximum atomic E-state index is 13.5. The number of aliphatic hydroxyl groups is 1. The minimum Gasteiger partial charge on any atom is -0.387 e. The highest BCUT2D eigenvalue weighted by molar-refractivity contribution is 5.89. The molecule has 3 N–H and O–H groups in total. The summed E-state index contributed by atoms with van der Waals surface area (Å²) < 4.78 is 26.3. The van der Waals surface area contributed by atoms with Crippen molar-refractivity contribution in [2.24, 2.45) is 0 Å². The molecule has 128 valence electrons. The molecule has 25 heavy (non-hydrogen) atoms. The summed E-state index contributed by atoms with van der Waals surface area (Å²) in [5, 5.41) is 17.0. The van der Waals surface area contributed by atoms with Crippen molar-refractivity contribution >= 4 is 22.5 Å². The fourth-order valence-electron chi connectivity index (χ4n) is 2.48. The third kappa shape index (κ3) is 4.10. The SMILES string of the molecule is O=C(NCC(O)c1ccc2ccccc2c1)Nc1ccc(F)cc1F. The molecule has 0 aliphatic rings. The van der Waals surface area contributed by atoms with E-state index >= 15 is 0 Å². The van der Waals surface area contributed by atoms with Crippen molar-refractivity contribution in [1.82, 2.24) is 5.32 Å². The van der Waals surface area contributed by atoms with Gasteiger partial charge in [-0.05, 0) is 34.5 Å². The third-order valence-electron chi connectivity index (χ3n) is 3.79. The molecular weight excluding hydrogens is 326 g/mol. The van der Waals surface area contributed by atoms with Crippen LogP contribution >= 0.6 is 0 Å². The molecule has 2 amide bonds. The number of hydrogen-bond acceptors (Lipinski definition) is 2. The minimum absolute atomic E-state index is 0.0486. The van der Waals surface area contributed by atoms with Gasteiger partial charge in [-0.2, -0.15) is 0 Å². The van der Waals surface area contributed by atoms with Gasteiger partial charge in [0.25, 0.3) is 0 Å². The molecule has 0 aromatic heterocycles. The molecule has 0 heterocycles. The van der Waals surface area contributed by atoms with E-state index in [0.29, 0.717) is 11.6 Å². The molecule has 0 aliphatic heterocycles. The first kappa shape index (κ1) is 16.9. The zero-order chi connectivity index (χ0) is 17.8. The van der Waals surface area contributed by atoms with E-state index in [2.05, 4.69) is 10.6 Å². The molecule has 6 heteroatoms. The van der Waals surface area contributed by atoms with E-state index < -0.39 is 23.8 Å². The Bertz CT molecular complexity index is 915. The molecule has 3 aromatic rings. The molecule has 3 aromatic carbocycles. The first-order chi connectivity index (χ1) is 12.0. The highest BCUT2D eigenvalue weighted by atomic mass is 19.1. The van der Waals surface area contributed by atoms with Crippen LogP contribution in [0.1, 0.15) is 11.7 Å². The summed E-state index contributed by atoms with van der Waals surface area (Å²) in [6, 6.07) is 15.4. The van der Waals surface area contributed by atoms with Gasteiger partial charge in [-0.3, -0.25) is 0 Å². The zero-order valence-corrected chi connectivity index (χ0v) is 13.2. The van der Waals surface area contributed by atoms with Crippen molar-refractivity contribution in [2.75, 3.05) is 11.9 Å². The van der Waals surface area contributed by atoms with Crippen LogP contribution in [-0.4, -0.2) is 17.7 Å². The van der Waals surface area contributed by atoms with E-state index in [-0.39, 0.29) is 12.2 Å². The van der Waals surface area contributed by atoms with Gasteiger partial charge in [0.2, 0.25) is 0 Å². The number of anilines is 1. The van der Waals surface area contributed by atoms with Gasteiger partial charge >= 0.3 is 6.03 Å². The van der Waals surface area contributed by atoms with E-state index in [4.69, 9.17) is 0 Å². The first-order valence-corrected chi connectivity index (χ1v) is 7.69. The quantitative estimate of drug-likeness (QED) is 0.672. The minimum atomic E-state index is -0.909. The van der Waals surface area contributed by atoms with Gasteiger partial charge in [-0.25, -0.2) is 13.6 Å². The van der Waals surface area contributed by atoms with Crippen LogP contribution in [0.4, 0.5) is 19.3 Å². The number of amides is 2. The summed E-state index contributed by atoms with van der Waals surface area (Å²) in [5.74, 6) is -1.60. The smallest absolute Gasteiger partial charge is 0.319 e. The second-order valence-corrected chi connectivity index (χ2v) is 5.58. The summed E-state index contributed by atoms with van der Waals surface area (Å²) in [6.45, 7) is -0.0486. The van der Waals surface area contributed by atoms with E-state index in [9.17, 15) is 18.7 Å². The van der Waals surface area contributed by atoms with Crippen LogP contribution in [0.15, 0.2) is 60.7 Å². The van der Waals surface area contributed by atoms with Gasteiger partial charge in [0.15, 0.2) is 0 Å². The number of benzene rings is 3. The Morgan fingerprint density at radius 1 is 1.00 bits per heavy atom. The summed E-state index contributed by atoms with van der Waals surface area (Å²) >= 11 is 0. The molecule has 1 atom stereocenters. The Kier molecular flexibility index (Phi) is 4.90. The fraction of sp³-hybridized carbons (Fsp3) is 0.105. The van der Waals surface area contributed by atoms with E-state index in [1.165, 1.54) is 0 Å². The largest absolute Gasteiger partial charge is 0.387 e. The van der Waals surface area contributed by atoms with Gasteiger partial charge in [0.05, 0.1) is 11.8 Å². The summed E-state index contributed by atoms with van der Waals surface area (Å²) in [6.07, 6.45) is -0.909. The summed E-state index contributed by atoms with van der Waals surface area (Å²) in [7, 11) is 0. The Hall–Kier alpha value is -2.99. The molecule has 0 bridgehead atoms. The van der Waals surface area contributed by atoms with E-state index in [0.717, 1.165) is 22.9 Å². The molecule has 4 nitrogen and oxygen atoms in total. The van der Waals surface area contributed by atoms with Crippen molar-refractivity contribution in [1.29, 1.82) is 0 Å². The molecule has 1 unspecified atom stereocenters. The van der Waals surface area contributed by atoms with E-state index in [1.54, 1.807) is 6.07 Å². The second kappa shape index (κ2) is 7.27. The van der Waals surface area contributed by atoms with Crippen LogP contribution in [0.2, 0.25) is 0 Å². The van der Waals surface area contributed by atoms with Gasteiger partial charge in [0, 0.05) is 12.6 Å². The molecule has 0 spiro atoms. The van der Waals surface area contributed by atoms with Crippen molar-refractivity contribution in [3.63, 3.8) is 0 Å². The molecule has 0 radical (unpaired) electrons. The molecule has 3 rings (SSSR count). The highest BCUT2D eigenvalue weighted by Crippen LogP contribution is 2.20. The van der Waals surface area contributed by atoms with Crippen LogP contribution in [-0.2, 0) is 0 Å². The number of aliphatic hydroxyl groups excluding tert-OH is 1. The Balaban J connectivity index is 1.60. The Labute approximate surface area is 143 Å². The van der Waals surface area contributed by atoms with Crippen LogP contribution in [0.25, 0.3) is 10.8 Å². The average molecular weight is 342 g/mol. The molecule has 0 saturated heterocycles. The van der Waals surface area contributed by atoms with Gasteiger partial charge in [0.1, 0.15) is 11.6 Å². The number of carbonyl (C=O) groups is 1. The van der Waals surface area contributed by atoms with Crippen molar-refractivity contribution in [3.05, 3.63) is 77.9 Å². The standard InChI is InChI=1S/C19H16F2N2O2/c20-15-7-8-17(16(21)10-15)23-19(25)22-11-18(24)14-6-5-12-3-1-2-4-13(12)9-14/h1-10,18,24H,11H2,(H2,22,23,25). The van der Waals surface area contributed by atoms with Gasteiger partial charge in [-0.15, -0.1) is 0 Å². The third-order valence-corrected chi connectivity index (χ3v) is 3.79. The molecule has 0 saturated carbocycles. The first-order valence-electron chi connectivity index (χ1n) is 7.69. The zero-order valence-electron chi connectivity index (χ0n) is 13.2. The number of carbonyl (C=O) groups excluding carboxylic acids is 1. The predicted molar refractivity (Wildman–Crippen MR) is 92.3 cm³/mol. The topological polar surface area (TPSA) is 61.4 Å². The lowest BCUT2D eigenvalue weighted by molar-refractivity contribution is 0.175. The predicted octanol–water partition coefficient (Wildman–Crippen LogP) is 3.97. The lowest BCUT2D eigenvalue weighted by Gasteiger charge is -2.14. The average Bonchev–Trinajstić information content (AvgIpc) is 2.61. The maximum absolute atomic E-state index is 13.5. The van der Waals surface area contributed by atoms with Crippen molar-refractivity contribution < 1.29 is 18.7 Å². The van der Waals surface area contributed by atoms with Gasteiger partial charge in [-0.1, -0.05) is 36.4 Å². The number of rotatable bonds is 4. The Morgan fingerprint density at radius 2 is 1.76 bits per heavy atom. The highest BCUT2D eigenvalue weighted by Gasteiger charge is 2.12. The van der Waals surface area contributed by atoms with Gasteiger partial charge < -0.3 is 15.7 Å². The summed E-state index contributed by atoms with van der Waals surface area (Å²) in [5.41, 5.74) is 0.519. The number of halogens is 2. The van der Waals surface area contributed by atoms with Crippen molar-refractivity contribution in [3.8, 4) is 0 Å². The lowest BCUT2D eigenvalue weighted by atomic mass is 10.0. The molecular formula is C19H16F2N2O2. The number of urea groups is 1.